The molecule has 3 aromatic rings. The first-order chi connectivity index (χ1) is 14.0. The highest BCUT2D eigenvalue weighted by Gasteiger charge is 2.11. The highest BCUT2D eigenvalue weighted by molar-refractivity contribution is 5.74. The molecule has 148 valence electrons. The number of rotatable bonds is 8. The van der Waals surface area contributed by atoms with E-state index in [1.54, 1.807) is 25.3 Å². The molecule has 3 rings (SSSR count). The molecule has 0 atom stereocenters. The quantitative estimate of drug-likeness (QED) is 0.568. The number of nitrogens with zero attached hydrogens (tertiary/aromatic N) is 5. The molecule has 0 radical (unpaired) electrons. The number of allylic oxidation sites excluding steroid dienone is 4. The van der Waals surface area contributed by atoms with E-state index in [2.05, 4.69) is 27.0 Å². The predicted octanol–water partition coefficient (Wildman–Crippen LogP) is 2.41. The predicted molar refractivity (Wildman–Crippen MR) is 111 cm³/mol. The number of aromatic nitrogens is 5. The zero-order valence-corrected chi connectivity index (χ0v) is 16.2. The molecule has 0 fully saturated rings. The first kappa shape index (κ1) is 19.8. The first-order valence-electron chi connectivity index (χ1n) is 9.00. The average molecular weight is 389 g/mol. The van der Waals surface area contributed by atoms with Crippen molar-refractivity contribution in [2.75, 3.05) is 0 Å². The van der Waals surface area contributed by atoms with Gasteiger partial charge in [0.25, 0.3) is 0 Å². The number of nitrogens with two attached hydrogens (primary N) is 2. The molecule has 0 aliphatic rings. The Kier molecular flexibility index (Phi) is 6.36. The summed E-state index contributed by atoms with van der Waals surface area (Å²) in [6, 6.07) is 13.7. The van der Waals surface area contributed by atoms with Gasteiger partial charge in [0.15, 0.2) is 0 Å². The van der Waals surface area contributed by atoms with Gasteiger partial charge < -0.3 is 16.2 Å². The normalized spacial score (nSPS) is 12.0. The van der Waals surface area contributed by atoms with Crippen LogP contribution in [0.5, 0.6) is 5.75 Å². The lowest BCUT2D eigenvalue weighted by Crippen LogP contribution is -2.07. The van der Waals surface area contributed by atoms with Crippen LogP contribution in [0.2, 0.25) is 0 Å². The van der Waals surface area contributed by atoms with E-state index in [1.807, 2.05) is 42.5 Å². The molecule has 8 nitrogen and oxygen atoms in total. The highest BCUT2D eigenvalue weighted by Crippen LogP contribution is 2.15. The molecule has 0 unspecified atom stereocenters. The molecular weight excluding hydrogens is 366 g/mol. The fourth-order valence-electron chi connectivity index (χ4n) is 2.43. The summed E-state index contributed by atoms with van der Waals surface area (Å²) in [5, 5.41) is 12.4. The van der Waals surface area contributed by atoms with Crippen LogP contribution in [0, 0.1) is 0 Å². The second kappa shape index (κ2) is 9.32. The number of benzene rings is 1. The fraction of sp³-hybridized carbons (Fsp3) is 0.143. The highest BCUT2D eigenvalue weighted by atomic mass is 16.5. The summed E-state index contributed by atoms with van der Waals surface area (Å²) < 4.78 is 5.75. The SMILES string of the molecule is C=C(N)/C(=C\C=C(/C)N)c1nnn(Cc2ccc(OCc3ccccc3)cn2)n1. The van der Waals surface area contributed by atoms with Gasteiger partial charge in [0, 0.05) is 17.0 Å². The lowest BCUT2D eigenvalue weighted by atomic mass is 10.2. The molecule has 29 heavy (non-hydrogen) atoms. The molecule has 8 heteroatoms. The Balaban J connectivity index is 1.64. The van der Waals surface area contributed by atoms with Crippen LogP contribution in [0.4, 0.5) is 0 Å². The Morgan fingerprint density at radius 3 is 2.59 bits per heavy atom. The molecule has 0 saturated heterocycles. The number of pyridine rings is 1. The van der Waals surface area contributed by atoms with E-state index in [1.165, 1.54) is 4.80 Å². The van der Waals surface area contributed by atoms with E-state index in [0.29, 0.717) is 41.7 Å². The van der Waals surface area contributed by atoms with Crippen LogP contribution in [0.3, 0.4) is 0 Å². The molecule has 0 spiro atoms. The molecule has 0 aliphatic heterocycles. The van der Waals surface area contributed by atoms with Crippen molar-refractivity contribution in [3.63, 3.8) is 0 Å². The smallest absolute Gasteiger partial charge is 0.206 e. The molecule has 0 amide bonds. The van der Waals surface area contributed by atoms with Gasteiger partial charge in [-0.05, 0) is 42.0 Å². The van der Waals surface area contributed by atoms with Crippen molar-refractivity contribution >= 4 is 5.57 Å². The van der Waals surface area contributed by atoms with E-state index in [0.717, 1.165) is 11.3 Å². The summed E-state index contributed by atoms with van der Waals surface area (Å²) in [6.45, 7) is 6.38. The third-order valence-corrected chi connectivity index (χ3v) is 3.90. The molecule has 2 aromatic heterocycles. The lowest BCUT2D eigenvalue weighted by molar-refractivity contribution is 0.304. The summed E-state index contributed by atoms with van der Waals surface area (Å²) in [6.07, 6.45) is 5.11. The van der Waals surface area contributed by atoms with Gasteiger partial charge in [-0.2, -0.15) is 4.80 Å². The summed E-state index contributed by atoms with van der Waals surface area (Å²) in [5.41, 5.74) is 14.9. The molecular formula is C21H23N7O. The Bertz CT molecular complexity index is 1020. The van der Waals surface area contributed by atoms with Crippen LogP contribution in [0.15, 0.2) is 78.8 Å². The van der Waals surface area contributed by atoms with Crippen molar-refractivity contribution in [1.29, 1.82) is 0 Å². The molecule has 1 aromatic carbocycles. The maximum Gasteiger partial charge on any atom is 0.206 e. The van der Waals surface area contributed by atoms with E-state index in [-0.39, 0.29) is 0 Å². The van der Waals surface area contributed by atoms with Crippen LogP contribution in [-0.2, 0) is 13.2 Å². The zero-order valence-electron chi connectivity index (χ0n) is 16.2. The maximum absolute atomic E-state index is 5.83. The number of hydrogen-bond acceptors (Lipinski definition) is 7. The standard InChI is InChI=1S/C21H23N7O/c1-15(22)8-11-20(16(2)23)21-25-27-28(26-21)13-18-9-10-19(12-24-18)29-14-17-6-4-3-5-7-17/h3-12H,2,13-14,22-23H2,1H3/b15-8+,20-11+. The number of ether oxygens (including phenoxy) is 1. The summed E-state index contributed by atoms with van der Waals surface area (Å²) in [5.74, 6) is 1.07. The molecule has 4 N–H and O–H groups in total. The van der Waals surface area contributed by atoms with Crippen LogP contribution >= 0.6 is 0 Å². The second-order valence-electron chi connectivity index (χ2n) is 6.42. The minimum atomic E-state index is 0.333. The lowest BCUT2D eigenvalue weighted by Gasteiger charge is -2.06. The van der Waals surface area contributed by atoms with Gasteiger partial charge in [0.05, 0.1) is 11.9 Å². The molecule has 0 aliphatic carbocycles. The number of tetrazole rings is 1. The number of hydrogen-bond donors (Lipinski definition) is 2. The minimum absolute atomic E-state index is 0.333. The van der Waals surface area contributed by atoms with Gasteiger partial charge in [-0.3, -0.25) is 4.98 Å². The minimum Gasteiger partial charge on any atom is -0.487 e. The Morgan fingerprint density at radius 2 is 1.93 bits per heavy atom. The van der Waals surface area contributed by atoms with Gasteiger partial charge in [-0.25, -0.2) is 0 Å². The Hall–Kier alpha value is -3.94. The van der Waals surface area contributed by atoms with Crippen molar-refractivity contribution in [2.24, 2.45) is 11.5 Å². The van der Waals surface area contributed by atoms with Crippen molar-refractivity contribution in [3.8, 4) is 5.75 Å². The van der Waals surface area contributed by atoms with Crippen molar-refractivity contribution in [2.45, 2.75) is 20.1 Å². The van der Waals surface area contributed by atoms with Gasteiger partial charge in [0.1, 0.15) is 18.9 Å². The van der Waals surface area contributed by atoms with E-state index >= 15 is 0 Å². The van der Waals surface area contributed by atoms with Crippen molar-refractivity contribution in [1.82, 2.24) is 25.2 Å². The molecule has 0 saturated carbocycles. The van der Waals surface area contributed by atoms with Crippen LogP contribution < -0.4 is 16.2 Å². The van der Waals surface area contributed by atoms with Crippen LogP contribution in [0.1, 0.15) is 24.0 Å². The van der Waals surface area contributed by atoms with Gasteiger partial charge >= 0.3 is 0 Å². The third kappa shape index (κ3) is 5.77. The Morgan fingerprint density at radius 1 is 1.14 bits per heavy atom. The van der Waals surface area contributed by atoms with Crippen molar-refractivity contribution < 1.29 is 4.74 Å². The van der Waals surface area contributed by atoms with E-state index in [4.69, 9.17) is 16.2 Å². The summed E-state index contributed by atoms with van der Waals surface area (Å²) in [4.78, 5) is 5.84. The zero-order chi connectivity index (χ0) is 20.6. The largest absolute Gasteiger partial charge is 0.487 e. The van der Waals surface area contributed by atoms with E-state index in [9.17, 15) is 0 Å². The first-order valence-corrected chi connectivity index (χ1v) is 9.00. The average Bonchev–Trinajstić information content (AvgIpc) is 3.16. The fourth-order valence-corrected chi connectivity index (χ4v) is 2.43. The molecule has 2 heterocycles. The third-order valence-electron chi connectivity index (χ3n) is 3.90. The maximum atomic E-state index is 5.83. The van der Waals surface area contributed by atoms with Gasteiger partial charge in [0.2, 0.25) is 5.82 Å². The van der Waals surface area contributed by atoms with Gasteiger partial charge in [-0.1, -0.05) is 36.9 Å². The van der Waals surface area contributed by atoms with E-state index < -0.39 is 0 Å². The van der Waals surface area contributed by atoms with Crippen molar-refractivity contribution in [3.05, 3.63) is 95.9 Å². The monoisotopic (exact) mass is 389 g/mol. The van der Waals surface area contributed by atoms with Crippen LogP contribution in [0.25, 0.3) is 5.57 Å². The summed E-state index contributed by atoms with van der Waals surface area (Å²) in [7, 11) is 0. The van der Waals surface area contributed by atoms with Crippen LogP contribution in [-0.4, -0.2) is 25.2 Å². The topological polar surface area (TPSA) is 118 Å². The Labute approximate surface area is 169 Å². The molecule has 0 bridgehead atoms. The summed E-state index contributed by atoms with van der Waals surface area (Å²) >= 11 is 0. The second-order valence-corrected chi connectivity index (χ2v) is 6.42. The van der Waals surface area contributed by atoms with Gasteiger partial charge in [-0.15, -0.1) is 10.2 Å².